The topological polar surface area (TPSA) is 263 Å². The second-order valence-corrected chi connectivity index (χ2v) is 14.3. The van der Waals surface area contributed by atoms with E-state index in [9.17, 15) is 8.42 Å². The van der Waals surface area contributed by atoms with Gasteiger partial charge in [-0.15, -0.1) is 0 Å². The van der Waals surface area contributed by atoms with Gasteiger partial charge in [0.1, 0.15) is 17.3 Å². The number of ether oxygens (including phenoxy) is 2. The molecule has 256 valence electrons. The molecule has 2 heterocycles. The summed E-state index contributed by atoms with van der Waals surface area (Å²) in [4.78, 5) is 15.9. The third-order valence-corrected chi connectivity index (χ3v) is 7.22. The number of anilines is 3. The number of nitrogen functional groups attached to an aromatic ring is 3. The van der Waals surface area contributed by atoms with Gasteiger partial charge in [-0.1, -0.05) is 51.5 Å². The normalized spacial score (nSPS) is 11.3. The number of primary sulfonamides is 1. The highest BCUT2D eigenvalue weighted by Gasteiger charge is 2.19. The van der Waals surface area contributed by atoms with Crippen LogP contribution in [0.4, 0.5) is 17.6 Å². The Hall–Kier alpha value is -4.29. The lowest BCUT2D eigenvalue weighted by Gasteiger charge is -2.17. The van der Waals surface area contributed by atoms with Gasteiger partial charge in [-0.3, -0.25) is 4.55 Å². The summed E-state index contributed by atoms with van der Waals surface area (Å²) >= 11 is 0. The van der Waals surface area contributed by atoms with Gasteiger partial charge in [0.25, 0.3) is 0 Å². The van der Waals surface area contributed by atoms with Crippen molar-refractivity contribution < 1.29 is 30.9 Å². The number of aryl methyl sites for hydroxylation is 3. The van der Waals surface area contributed by atoms with Gasteiger partial charge in [0.15, 0.2) is 23.1 Å². The Kier molecular flexibility index (Phi) is 13.2. The van der Waals surface area contributed by atoms with Gasteiger partial charge in [-0.25, -0.2) is 28.5 Å². The maximum Gasteiger partial charge on any atom is 0.353 e. The van der Waals surface area contributed by atoms with Crippen molar-refractivity contribution in [1.29, 1.82) is 0 Å². The predicted molar refractivity (Wildman–Crippen MR) is 181 cm³/mol. The Bertz CT molecular complexity index is 1930. The van der Waals surface area contributed by atoms with Crippen molar-refractivity contribution in [2.45, 2.75) is 65.2 Å². The van der Waals surface area contributed by atoms with E-state index in [1.807, 2.05) is 26.0 Å². The van der Waals surface area contributed by atoms with Crippen LogP contribution >= 0.6 is 10.7 Å². The first kappa shape index (κ1) is 38.9. The predicted octanol–water partition coefficient (Wildman–Crippen LogP) is 5.13. The highest BCUT2D eigenvalue weighted by atomic mass is 35.7. The molecule has 0 unspecified atom stereocenters. The number of aromatic nitrogens is 4. The van der Waals surface area contributed by atoms with Gasteiger partial charge in [0, 0.05) is 16.7 Å². The summed E-state index contributed by atoms with van der Waals surface area (Å²) in [5, 5.41) is 5.26. The van der Waals surface area contributed by atoms with E-state index in [1.165, 1.54) is 24.0 Å². The number of hydrogen-bond donors (Lipinski definition) is 5. The van der Waals surface area contributed by atoms with Crippen molar-refractivity contribution in [2.75, 3.05) is 17.2 Å². The van der Waals surface area contributed by atoms with Crippen LogP contribution in [-0.4, -0.2) is 41.3 Å². The van der Waals surface area contributed by atoms with E-state index in [2.05, 4.69) is 57.5 Å². The SMILES string of the molecule is Cc1ccc(Oc2cnc(N)nc2N)c(C(C)C)c1.Cc1ncc(Oc2cc(S(N)(=O)=O)c(C)cc2C(C)C)c(N)n1.O=S(=O)(O)Cl. The second-order valence-electron chi connectivity index (χ2n) is 10.8. The summed E-state index contributed by atoms with van der Waals surface area (Å²) in [6, 6.07) is 9.20. The first-order chi connectivity index (χ1) is 21.6. The average molecular weight is 711 g/mol. The second kappa shape index (κ2) is 16.0. The molecule has 9 N–H and O–H groups in total. The minimum atomic E-state index is -4.19. The van der Waals surface area contributed by atoms with Crippen molar-refractivity contribution in [2.24, 2.45) is 5.14 Å². The molecule has 15 nitrogen and oxygen atoms in total. The fraction of sp³-hybridized carbons (Fsp3) is 0.310. The molecule has 47 heavy (non-hydrogen) atoms. The largest absolute Gasteiger partial charge is 0.452 e. The molecule has 0 radical (unpaired) electrons. The summed E-state index contributed by atoms with van der Waals surface area (Å²) in [6.45, 7) is 13.6. The first-order valence-corrected chi connectivity index (χ1v) is 17.7. The third kappa shape index (κ3) is 12.4. The van der Waals surface area contributed by atoms with Crippen LogP contribution < -0.4 is 31.8 Å². The lowest BCUT2D eigenvalue weighted by Crippen LogP contribution is -2.14. The van der Waals surface area contributed by atoms with Crippen LogP contribution in [0.1, 0.15) is 67.6 Å². The van der Waals surface area contributed by atoms with Gasteiger partial charge >= 0.3 is 9.33 Å². The molecule has 0 amide bonds. The summed E-state index contributed by atoms with van der Waals surface area (Å²) in [6.07, 6.45) is 2.94. The number of nitrogens with two attached hydrogens (primary N) is 4. The molecular formula is C29H39ClN8O7S2. The molecule has 0 saturated carbocycles. The van der Waals surface area contributed by atoms with Crippen molar-refractivity contribution in [3.8, 4) is 23.0 Å². The van der Waals surface area contributed by atoms with Crippen molar-refractivity contribution >= 4 is 47.6 Å². The van der Waals surface area contributed by atoms with E-state index >= 15 is 0 Å². The Morgan fingerprint density at radius 2 is 1.23 bits per heavy atom. The molecule has 2 aromatic heterocycles. The summed E-state index contributed by atoms with van der Waals surface area (Å²) in [5.74, 6) is 3.37. The number of halogens is 1. The van der Waals surface area contributed by atoms with E-state index in [-0.39, 0.29) is 34.1 Å². The van der Waals surface area contributed by atoms with E-state index in [1.54, 1.807) is 19.9 Å². The van der Waals surface area contributed by atoms with Gasteiger partial charge in [-0.05, 0) is 55.4 Å². The fourth-order valence-electron chi connectivity index (χ4n) is 4.02. The smallest absolute Gasteiger partial charge is 0.353 e. The summed E-state index contributed by atoms with van der Waals surface area (Å²) < 4.78 is 60.2. The lowest BCUT2D eigenvalue weighted by molar-refractivity contribution is 0.468. The zero-order valence-electron chi connectivity index (χ0n) is 26.9. The number of hydrogen-bond acceptors (Lipinski definition) is 13. The third-order valence-electron chi connectivity index (χ3n) is 6.17. The highest BCUT2D eigenvalue weighted by molar-refractivity contribution is 8.09. The summed E-state index contributed by atoms with van der Waals surface area (Å²) in [7, 11) is -3.99. The zero-order valence-corrected chi connectivity index (χ0v) is 29.3. The molecule has 0 saturated heterocycles. The molecule has 4 aromatic rings. The molecule has 0 aliphatic rings. The fourth-order valence-corrected chi connectivity index (χ4v) is 4.80. The minimum Gasteiger partial charge on any atom is -0.452 e. The van der Waals surface area contributed by atoms with Gasteiger partial charge < -0.3 is 26.7 Å². The molecular weight excluding hydrogens is 672 g/mol. The number of benzene rings is 2. The minimum absolute atomic E-state index is 0.0171. The first-order valence-electron chi connectivity index (χ1n) is 13.8. The van der Waals surface area contributed by atoms with Crippen LogP contribution in [0, 0.1) is 20.8 Å². The molecule has 18 heteroatoms. The van der Waals surface area contributed by atoms with Gasteiger partial charge in [0.2, 0.25) is 16.0 Å². The maximum absolute atomic E-state index is 11.7. The lowest BCUT2D eigenvalue weighted by atomic mass is 10.00. The van der Waals surface area contributed by atoms with Crippen LogP contribution in [0.25, 0.3) is 0 Å². The van der Waals surface area contributed by atoms with Crippen molar-refractivity contribution in [1.82, 2.24) is 19.9 Å². The van der Waals surface area contributed by atoms with E-state index in [0.29, 0.717) is 28.8 Å². The summed E-state index contributed by atoms with van der Waals surface area (Å²) in [5.41, 5.74) is 20.8. The standard InChI is InChI=1S/C15H20N4O3S.C14H18N4O.ClHO3S/c1-8(2)11-5-9(3)14(23(17,20)21)6-12(11)22-13-7-18-10(4)19-15(13)16;1-8(2)10-6-9(3)4-5-11(10)19-12-7-17-14(16)18-13(12)15;1-5(2,3)4/h5-8H,1-4H3,(H2,16,18,19)(H2,17,20,21);4-8H,1-3H3,(H4,15,16,17,18);(H,2,3,4). The van der Waals surface area contributed by atoms with Crippen LogP contribution in [0.2, 0.25) is 0 Å². The molecule has 0 bridgehead atoms. The Balaban J connectivity index is 0.000000290. The van der Waals surface area contributed by atoms with E-state index < -0.39 is 19.4 Å². The Morgan fingerprint density at radius 3 is 1.72 bits per heavy atom. The zero-order chi connectivity index (χ0) is 35.9. The highest BCUT2D eigenvalue weighted by Crippen LogP contribution is 2.36. The molecule has 0 aliphatic heterocycles. The molecule has 0 aliphatic carbocycles. The Labute approximate surface area is 279 Å². The van der Waals surface area contributed by atoms with E-state index in [0.717, 1.165) is 16.9 Å². The number of nitrogens with zero attached hydrogens (tertiary/aromatic N) is 4. The van der Waals surface area contributed by atoms with Crippen LogP contribution in [-0.2, 0) is 19.4 Å². The van der Waals surface area contributed by atoms with Crippen LogP contribution in [0.15, 0.2) is 47.6 Å². The van der Waals surface area contributed by atoms with Crippen LogP contribution in [0.3, 0.4) is 0 Å². The molecule has 0 spiro atoms. The number of rotatable bonds is 7. The van der Waals surface area contributed by atoms with E-state index in [4.69, 9.17) is 44.8 Å². The molecule has 0 fully saturated rings. The monoisotopic (exact) mass is 710 g/mol. The van der Waals surface area contributed by atoms with Crippen molar-refractivity contribution in [3.63, 3.8) is 0 Å². The molecule has 2 aromatic carbocycles. The Morgan fingerprint density at radius 1 is 0.745 bits per heavy atom. The number of sulfonamides is 1. The maximum atomic E-state index is 11.7. The molecule has 0 atom stereocenters. The van der Waals surface area contributed by atoms with Gasteiger partial charge in [-0.2, -0.15) is 13.4 Å². The van der Waals surface area contributed by atoms with Gasteiger partial charge in [0.05, 0.1) is 17.3 Å². The molecule has 4 rings (SSSR count). The average Bonchev–Trinajstić information content (AvgIpc) is 2.92. The quantitative estimate of drug-likeness (QED) is 0.123. The van der Waals surface area contributed by atoms with Crippen LogP contribution in [0.5, 0.6) is 23.0 Å². The van der Waals surface area contributed by atoms with Crippen molar-refractivity contribution in [3.05, 3.63) is 70.8 Å².